The Morgan fingerprint density at radius 3 is 2.25 bits per heavy atom. The second kappa shape index (κ2) is 11.6. The Balaban J connectivity index is 1.43. The van der Waals surface area contributed by atoms with Gasteiger partial charge in [-0.3, -0.25) is 19.3 Å². The molecule has 3 amide bonds. The van der Waals surface area contributed by atoms with Crippen molar-refractivity contribution in [1.82, 2.24) is 14.7 Å². The predicted molar refractivity (Wildman–Crippen MR) is 140 cm³/mol. The van der Waals surface area contributed by atoms with Crippen molar-refractivity contribution in [3.8, 4) is 0 Å². The maximum atomic E-state index is 13.8. The summed E-state index contributed by atoms with van der Waals surface area (Å²) in [6, 6.07) is 20.1. The number of hydrogen-bond acceptors (Lipinski definition) is 5. The Bertz CT molecular complexity index is 1040. The highest BCUT2D eigenvalue weighted by molar-refractivity contribution is 5.94. The second-order valence-electron chi connectivity index (χ2n) is 9.71. The Kier molecular flexibility index (Phi) is 8.25. The van der Waals surface area contributed by atoms with Crippen LogP contribution in [0.2, 0.25) is 0 Å². The fourth-order valence-electron chi connectivity index (χ4n) is 5.38. The fraction of sp³-hybridized carbons (Fsp3) is 0.464. The van der Waals surface area contributed by atoms with E-state index in [0.29, 0.717) is 58.7 Å². The molecule has 36 heavy (non-hydrogen) atoms. The largest absolute Gasteiger partial charge is 0.369 e. The van der Waals surface area contributed by atoms with Crippen molar-refractivity contribution in [1.29, 1.82) is 0 Å². The van der Waals surface area contributed by atoms with E-state index in [4.69, 9.17) is 5.73 Å². The minimum absolute atomic E-state index is 0.109. The number of amides is 3. The molecule has 0 saturated carbocycles. The average Bonchev–Trinajstić information content (AvgIpc) is 3.17. The molecule has 2 aliphatic heterocycles. The molecule has 0 radical (unpaired) electrons. The number of piperidine rings is 1. The van der Waals surface area contributed by atoms with Gasteiger partial charge in [0.25, 0.3) is 0 Å². The number of primary amides is 1. The number of carbonyl (C=O) groups is 3. The lowest BCUT2D eigenvalue weighted by Gasteiger charge is -2.43. The topological polar surface area (TPSA) is 90.2 Å². The highest BCUT2D eigenvalue weighted by atomic mass is 16.2. The Morgan fingerprint density at radius 2 is 1.64 bits per heavy atom. The number of nitrogens with two attached hydrogens (primary N) is 1. The van der Waals surface area contributed by atoms with Gasteiger partial charge < -0.3 is 20.4 Å². The number of aryl methyl sites for hydroxylation is 1. The average molecular weight is 492 g/mol. The lowest BCUT2D eigenvalue weighted by atomic mass is 9.85. The zero-order valence-electron chi connectivity index (χ0n) is 21.1. The lowest BCUT2D eigenvalue weighted by Crippen LogP contribution is -2.57. The van der Waals surface area contributed by atoms with Crippen molar-refractivity contribution < 1.29 is 14.4 Å². The van der Waals surface area contributed by atoms with E-state index in [1.807, 2.05) is 82.3 Å². The number of benzene rings is 2. The van der Waals surface area contributed by atoms with Crippen molar-refractivity contribution in [2.24, 2.45) is 5.73 Å². The summed E-state index contributed by atoms with van der Waals surface area (Å²) in [6.45, 7) is 5.62. The first-order valence-corrected chi connectivity index (χ1v) is 12.9. The van der Waals surface area contributed by atoms with Crippen LogP contribution >= 0.6 is 0 Å². The van der Waals surface area contributed by atoms with Crippen LogP contribution in [0.5, 0.6) is 0 Å². The molecule has 2 fully saturated rings. The standard InChI is InChI=1S/C28H37N5O3/c1-2-30(21-25(29)34)19-20-32-22-33(24-11-7-4-8-12-24)28(27(32)36)15-17-31(18-16-28)26(35)14-13-23-9-5-3-6-10-23/h3-12H,2,13-22H2,1H3,(H2,29,34). The molecule has 8 heteroatoms. The minimum atomic E-state index is -0.654. The van der Waals surface area contributed by atoms with Gasteiger partial charge in [-0.1, -0.05) is 55.5 Å². The van der Waals surface area contributed by atoms with Crippen molar-refractivity contribution in [3.63, 3.8) is 0 Å². The number of rotatable bonds is 10. The number of likely N-dealkylation sites (N-methyl/N-ethyl adjacent to an activating group) is 1. The van der Waals surface area contributed by atoms with Crippen LogP contribution in [0.3, 0.4) is 0 Å². The molecule has 0 atom stereocenters. The summed E-state index contributed by atoms with van der Waals surface area (Å²) in [5.74, 6) is -0.110. The van der Waals surface area contributed by atoms with Gasteiger partial charge in [-0.15, -0.1) is 0 Å². The number of nitrogens with zero attached hydrogens (tertiary/aromatic N) is 4. The van der Waals surface area contributed by atoms with E-state index >= 15 is 0 Å². The van der Waals surface area contributed by atoms with Crippen molar-refractivity contribution >= 4 is 23.4 Å². The van der Waals surface area contributed by atoms with Gasteiger partial charge in [-0.05, 0) is 43.5 Å². The summed E-state index contributed by atoms with van der Waals surface area (Å²) < 4.78 is 0. The number of para-hydroxylation sites is 1. The highest BCUT2D eigenvalue weighted by Gasteiger charge is 2.53. The molecule has 4 rings (SSSR count). The third kappa shape index (κ3) is 5.70. The molecule has 2 aliphatic rings. The molecule has 2 saturated heterocycles. The van der Waals surface area contributed by atoms with Gasteiger partial charge in [0.15, 0.2) is 0 Å². The second-order valence-corrected chi connectivity index (χ2v) is 9.71. The summed E-state index contributed by atoms with van der Waals surface area (Å²) >= 11 is 0. The maximum absolute atomic E-state index is 13.8. The van der Waals surface area contributed by atoms with Crippen LogP contribution in [0.25, 0.3) is 0 Å². The van der Waals surface area contributed by atoms with Crippen molar-refractivity contribution in [2.45, 2.75) is 38.1 Å². The number of carbonyl (C=O) groups excluding carboxylic acids is 3. The molecule has 2 aromatic rings. The zero-order valence-corrected chi connectivity index (χ0v) is 21.1. The monoisotopic (exact) mass is 491 g/mol. The predicted octanol–water partition coefficient (Wildman–Crippen LogP) is 2.09. The van der Waals surface area contributed by atoms with Crippen LogP contribution in [0.15, 0.2) is 60.7 Å². The molecule has 8 nitrogen and oxygen atoms in total. The van der Waals surface area contributed by atoms with Crippen LogP contribution in [0.1, 0.15) is 31.7 Å². The van der Waals surface area contributed by atoms with E-state index in [0.717, 1.165) is 17.7 Å². The zero-order chi connectivity index (χ0) is 25.5. The molecule has 0 aromatic heterocycles. The van der Waals surface area contributed by atoms with Crippen molar-refractivity contribution in [2.75, 3.05) is 50.8 Å². The number of likely N-dealkylation sites (tertiary alicyclic amines) is 1. The van der Waals surface area contributed by atoms with Crippen LogP contribution in [-0.2, 0) is 20.8 Å². The van der Waals surface area contributed by atoms with Gasteiger partial charge in [0.1, 0.15) is 5.54 Å². The van der Waals surface area contributed by atoms with Gasteiger partial charge >= 0.3 is 0 Å². The smallest absolute Gasteiger partial charge is 0.250 e. The Labute approximate surface area is 213 Å². The molecular formula is C28H37N5O3. The molecule has 2 N–H and O–H groups in total. The first-order valence-electron chi connectivity index (χ1n) is 12.9. The van der Waals surface area contributed by atoms with Crippen LogP contribution in [0.4, 0.5) is 5.69 Å². The van der Waals surface area contributed by atoms with Gasteiger partial charge in [0.05, 0.1) is 13.2 Å². The SMILES string of the molecule is CCN(CCN1CN(c2ccccc2)C2(CCN(C(=O)CCc3ccccc3)CC2)C1=O)CC(N)=O. The van der Waals surface area contributed by atoms with E-state index in [1.165, 1.54) is 0 Å². The molecule has 0 aliphatic carbocycles. The number of anilines is 1. The quantitative estimate of drug-likeness (QED) is 0.550. The lowest BCUT2D eigenvalue weighted by molar-refractivity contribution is -0.138. The van der Waals surface area contributed by atoms with E-state index < -0.39 is 5.54 Å². The van der Waals surface area contributed by atoms with Crippen LogP contribution in [-0.4, -0.2) is 83.9 Å². The Hall–Kier alpha value is -3.39. The first kappa shape index (κ1) is 25.7. The van der Waals surface area contributed by atoms with E-state index in [9.17, 15) is 14.4 Å². The minimum Gasteiger partial charge on any atom is -0.369 e. The van der Waals surface area contributed by atoms with Gasteiger partial charge in [0.2, 0.25) is 17.7 Å². The molecule has 1 spiro atoms. The molecule has 0 bridgehead atoms. The highest BCUT2D eigenvalue weighted by Crippen LogP contribution is 2.39. The number of hydrogen-bond donors (Lipinski definition) is 1. The van der Waals surface area contributed by atoms with E-state index in [1.54, 1.807) is 0 Å². The molecule has 2 aromatic carbocycles. The summed E-state index contributed by atoms with van der Waals surface area (Å²) in [5.41, 5.74) is 6.90. The third-order valence-corrected chi connectivity index (χ3v) is 7.51. The van der Waals surface area contributed by atoms with Gasteiger partial charge in [-0.25, -0.2) is 0 Å². The van der Waals surface area contributed by atoms with Gasteiger partial charge in [-0.2, -0.15) is 0 Å². The summed E-state index contributed by atoms with van der Waals surface area (Å²) in [4.78, 5) is 46.2. The summed E-state index contributed by atoms with van der Waals surface area (Å²) in [5, 5.41) is 0. The van der Waals surface area contributed by atoms with Crippen LogP contribution < -0.4 is 10.6 Å². The normalized spacial score (nSPS) is 17.3. The molecule has 2 heterocycles. The fourth-order valence-corrected chi connectivity index (χ4v) is 5.38. The molecular weight excluding hydrogens is 454 g/mol. The maximum Gasteiger partial charge on any atom is 0.250 e. The third-order valence-electron chi connectivity index (χ3n) is 7.51. The van der Waals surface area contributed by atoms with Gasteiger partial charge in [0, 0.05) is 38.3 Å². The molecule has 0 unspecified atom stereocenters. The van der Waals surface area contributed by atoms with E-state index in [2.05, 4.69) is 4.90 Å². The first-order chi connectivity index (χ1) is 17.4. The molecule has 192 valence electrons. The summed E-state index contributed by atoms with van der Waals surface area (Å²) in [7, 11) is 0. The van der Waals surface area contributed by atoms with Crippen molar-refractivity contribution in [3.05, 3.63) is 66.2 Å². The van der Waals surface area contributed by atoms with Crippen LogP contribution in [0, 0.1) is 0 Å². The Morgan fingerprint density at radius 1 is 1.00 bits per heavy atom. The van der Waals surface area contributed by atoms with E-state index in [-0.39, 0.29) is 24.3 Å². The summed E-state index contributed by atoms with van der Waals surface area (Å²) in [6.07, 6.45) is 2.41.